The predicted octanol–water partition coefficient (Wildman–Crippen LogP) is 1.67. The Morgan fingerprint density at radius 3 is 1.85 bits per heavy atom. The Morgan fingerprint density at radius 1 is 0.923 bits per heavy atom. The summed E-state index contributed by atoms with van der Waals surface area (Å²) in [4.78, 5) is 0. The molecule has 0 aromatic carbocycles. The first-order chi connectivity index (χ1) is 5.83. The molecule has 0 spiro atoms. The second-order valence-electron chi connectivity index (χ2n) is 3.66. The molecular formula is C7H20O4Si2. The molecule has 0 amide bonds. The van der Waals surface area contributed by atoms with Crippen molar-refractivity contribution in [3.8, 4) is 0 Å². The highest BCUT2D eigenvalue weighted by Gasteiger charge is 2.35. The van der Waals surface area contributed by atoms with Crippen LogP contribution in [0.2, 0.25) is 26.2 Å². The molecule has 0 N–H and O–H groups in total. The maximum absolute atomic E-state index is 5.83. The second kappa shape index (κ2) is 5.23. The largest absolute Gasteiger partial charge is 0.415 e. The summed E-state index contributed by atoms with van der Waals surface area (Å²) >= 11 is 0. The zero-order valence-electron chi connectivity index (χ0n) is 9.34. The molecule has 0 atom stereocenters. The number of hydrogen-bond donors (Lipinski definition) is 0. The molecule has 0 fully saturated rings. The van der Waals surface area contributed by atoms with Crippen LogP contribution >= 0.6 is 0 Å². The summed E-state index contributed by atoms with van der Waals surface area (Å²) < 4.78 is 21.4. The van der Waals surface area contributed by atoms with Gasteiger partial charge in [-0.1, -0.05) is 0 Å². The van der Waals surface area contributed by atoms with E-state index in [2.05, 4.69) is 0 Å². The van der Waals surface area contributed by atoms with Gasteiger partial charge in [0.1, 0.15) is 6.79 Å². The molecule has 0 saturated heterocycles. The molecule has 0 radical (unpaired) electrons. The maximum Gasteiger partial charge on any atom is 0.324 e. The van der Waals surface area contributed by atoms with E-state index in [-0.39, 0.29) is 6.79 Å². The van der Waals surface area contributed by atoms with Crippen molar-refractivity contribution in [2.75, 3.05) is 21.0 Å². The van der Waals surface area contributed by atoms with Crippen LogP contribution in [0.15, 0.2) is 0 Å². The van der Waals surface area contributed by atoms with Gasteiger partial charge in [0.25, 0.3) is 0 Å². The molecule has 13 heavy (non-hydrogen) atoms. The molecule has 0 aromatic rings. The lowest BCUT2D eigenvalue weighted by molar-refractivity contribution is 0.0296. The van der Waals surface area contributed by atoms with Crippen LogP contribution in [0.5, 0.6) is 0 Å². The number of methoxy groups -OCH3 is 1. The van der Waals surface area contributed by atoms with E-state index < -0.39 is 17.1 Å². The SMILES string of the molecule is COCO[Si](C)(C)O[Si](C)(C)OC. The Hall–Kier alpha value is 0.274. The fraction of sp³-hybridized carbons (Fsp3) is 1.00. The van der Waals surface area contributed by atoms with Crippen LogP contribution in [-0.2, 0) is 17.7 Å². The average molecular weight is 224 g/mol. The van der Waals surface area contributed by atoms with Crippen LogP contribution in [0.4, 0.5) is 0 Å². The first-order valence-corrected chi connectivity index (χ1v) is 9.84. The quantitative estimate of drug-likeness (QED) is 0.508. The highest BCUT2D eigenvalue weighted by molar-refractivity contribution is 6.78. The Morgan fingerprint density at radius 2 is 1.46 bits per heavy atom. The fourth-order valence-electron chi connectivity index (χ4n) is 0.864. The van der Waals surface area contributed by atoms with Gasteiger partial charge in [-0.15, -0.1) is 0 Å². The first kappa shape index (κ1) is 13.3. The lowest BCUT2D eigenvalue weighted by Crippen LogP contribution is -2.48. The van der Waals surface area contributed by atoms with Crippen LogP contribution in [0.1, 0.15) is 0 Å². The van der Waals surface area contributed by atoms with Gasteiger partial charge in [-0.05, 0) is 26.2 Å². The summed E-state index contributed by atoms with van der Waals surface area (Å²) in [6, 6.07) is 0. The third-order valence-electron chi connectivity index (χ3n) is 1.51. The third-order valence-corrected chi connectivity index (χ3v) is 7.24. The number of ether oxygens (including phenoxy) is 1. The normalized spacial score (nSPS) is 13.4. The zero-order valence-corrected chi connectivity index (χ0v) is 11.3. The summed E-state index contributed by atoms with van der Waals surface area (Å²) in [6.45, 7) is 8.25. The summed E-state index contributed by atoms with van der Waals surface area (Å²) in [5.74, 6) is 0. The fourth-order valence-corrected chi connectivity index (χ4v) is 6.57. The van der Waals surface area contributed by atoms with Crippen LogP contribution < -0.4 is 0 Å². The smallest absolute Gasteiger partial charge is 0.324 e. The Kier molecular flexibility index (Phi) is 5.34. The topological polar surface area (TPSA) is 36.9 Å². The van der Waals surface area contributed by atoms with Crippen molar-refractivity contribution in [3.63, 3.8) is 0 Å². The molecule has 80 valence electrons. The first-order valence-electron chi connectivity index (χ1n) is 4.21. The van der Waals surface area contributed by atoms with Crippen LogP contribution in [0, 0.1) is 0 Å². The number of rotatable bonds is 6. The van der Waals surface area contributed by atoms with Crippen molar-refractivity contribution in [3.05, 3.63) is 0 Å². The van der Waals surface area contributed by atoms with Crippen molar-refractivity contribution in [2.24, 2.45) is 0 Å². The van der Waals surface area contributed by atoms with E-state index in [1.54, 1.807) is 14.2 Å². The molecule has 0 aliphatic rings. The zero-order chi connectivity index (χ0) is 10.5. The van der Waals surface area contributed by atoms with Gasteiger partial charge in [-0.25, -0.2) is 0 Å². The van der Waals surface area contributed by atoms with Crippen LogP contribution in [-0.4, -0.2) is 38.1 Å². The standard InChI is InChI=1S/C7H20O4Si2/c1-8-7-10-13(5,6)11-12(3,4)9-2/h7H2,1-6H3. The molecule has 0 aliphatic heterocycles. The molecule has 0 unspecified atom stereocenters. The summed E-state index contributed by atoms with van der Waals surface area (Å²) in [7, 11) is -0.776. The van der Waals surface area contributed by atoms with E-state index in [1.165, 1.54) is 0 Å². The lowest BCUT2D eigenvalue weighted by Gasteiger charge is -2.31. The average Bonchev–Trinajstić information content (AvgIpc) is 1.99. The molecule has 6 heteroatoms. The van der Waals surface area contributed by atoms with Gasteiger partial charge >= 0.3 is 17.1 Å². The van der Waals surface area contributed by atoms with Crippen molar-refractivity contribution < 1.29 is 17.7 Å². The van der Waals surface area contributed by atoms with Gasteiger partial charge in [0.2, 0.25) is 0 Å². The minimum atomic E-state index is -2.07. The molecule has 0 rings (SSSR count). The van der Waals surface area contributed by atoms with E-state index in [9.17, 15) is 0 Å². The van der Waals surface area contributed by atoms with Crippen molar-refractivity contribution in [1.29, 1.82) is 0 Å². The monoisotopic (exact) mass is 224 g/mol. The molecule has 4 nitrogen and oxygen atoms in total. The van der Waals surface area contributed by atoms with Crippen LogP contribution in [0.25, 0.3) is 0 Å². The molecule has 0 saturated carbocycles. The van der Waals surface area contributed by atoms with Gasteiger partial charge in [0.15, 0.2) is 0 Å². The van der Waals surface area contributed by atoms with E-state index >= 15 is 0 Å². The van der Waals surface area contributed by atoms with E-state index in [0.717, 1.165) is 0 Å². The second-order valence-corrected chi connectivity index (χ2v) is 10.8. The third kappa shape index (κ3) is 6.36. The molecular weight excluding hydrogens is 204 g/mol. The van der Waals surface area contributed by atoms with Gasteiger partial charge in [-0.3, -0.25) is 0 Å². The van der Waals surface area contributed by atoms with Gasteiger partial charge in [0.05, 0.1) is 0 Å². The Balaban J connectivity index is 4.00. The lowest BCUT2D eigenvalue weighted by atomic mass is 11.4. The van der Waals surface area contributed by atoms with E-state index in [1.807, 2.05) is 26.2 Å². The van der Waals surface area contributed by atoms with Gasteiger partial charge in [0, 0.05) is 14.2 Å². The molecule has 0 heterocycles. The number of hydrogen-bond acceptors (Lipinski definition) is 4. The predicted molar refractivity (Wildman–Crippen MR) is 56.0 cm³/mol. The summed E-state index contributed by atoms with van der Waals surface area (Å²) in [5.41, 5.74) is 0. The molecule has 0 bridgehead atoms. The Bertz CT molecular complexity index is 149. The maximum atomic E-state index is 5.83. The minimum absolute atomic E-state index is 0.285. The van der Waals surface area contributed by atoms with Crippen LogP contribution in [0.3, 0.4) is 0 Å². The summed E-state index contributed by atoms with van der Waals surface area (Å²) in [6.07, 6.45) is 0. The molecule has 0 aromatic heterocycles. The molecule has 0 aliphatic carbocycles. The minimum Gasteiger partial charge on any atom is -0.415 e. The Labute approximate surface area is 82.6 Å². The summed E-state index contributed by atoms with van der Waals surface area (Å²) in [5, 5.41) is 0. The van der Waals surface area contributed by atoms with E-state index in [0.29, 0.717) is 0 Å². The van der Waals surface area contributed by atoms with Crippen molar-refractivity contribution in [1.82, 2.24) is 0 Å². The van der Waals surface area contributed by atoms with Crippen molar-refractivity contribution in [2.45, 2.75) is 26.2 Å². The van der Waals surface area contributed by atoms with Crippen molar-refractivity contribution >= 4 is 17.1 Å². The van der Waals surface area contributed by atoms with Gasteiger partial charge in [-0.2, -0.15) is 0 Å². The highest BCUT2D eigenvalue weighted by Crippen LogP contribution is 2.15. The van der Waals surface area contributed by atoms with Gasteiger partial charge < -0.3 is 17.7 Å². The van der Waals surface area contributed by atoms with E-state index in [4.69, 9.17) is 17.7 Å². The highest BCUT2D eigenvalue weighted by atomic mass is 28.5.